The zero-order valence-corrected chi connectivity index (χ0v) is 13.9. The molecule has 0 heterocycles. The van der Waals surface area contributed by atoms with Crippen LogP contribution in [0.5, 0.6) is 0 Å². The van der Waals surface area contributed by atoms with E-state index in [1.54, 1.807) is 0 Å². The van der Waals surface area contributed by atoms with E-state index in [1.807, 2.05) is 55.5 Å². The number of carbonyl (C=O) groups is 1. The number of nitrogens with one attached hydrogen (secondary N) is 2. The molecule has 0 aromatic heterocycles. The van der Waals surface area contributed by atoms with Gasteiger partial charge in [0, 0.05) is 10.2 Å². The molecule has 1 unspecified atom stereocenters. The van der Waals surface area contributed by atoms with Crippen molar-refractivity contribution in [3.63, 3.8) is 0 Å². The zero-order chi connectivity index (χ0) is 15.9. The number of aliphatic hydroxyl groups excluding tert-OH is 1. The minimum Gasteiger partial charge on any atom is -0.394 e. The van der Waals surface area contributed by atoms with E-state index in [9.17, 15) is 9.90 Å². The molecule has 2 rings (SSSR count). The minimum atomic E-state index is -0.322. The number of urea groups is 1. The average Bonchev–Trinajstić information content (AvgIpc) is 2.51. The number of carbonyl (C=O) groups excluding carboxylic acids is 1. The van der Waals surface area contributed by atoms with Crippen molar-refractivity contribution in [1.29, 1.82) is 0 Å². The maximum Gasteiger partial charge on any atom is 0.319 e. The summed E-state index contributed by atoms with van der Waals surface area (Å²) in [7, 11) is 0. The van der Waals surface area contributed by atoms with Crippen molar-refractivity contribution in [2.75, 3.05) is 11.9 Å². The average molecular weight is 363 g/mol. The topological polar surface area (TPSA) is 61.4 Å². The summed E-state index contributed by atoms with van der Waals surface area (Å²) in [6, 6.07) is 14.7. The fraction of sp³-hybridized carbons (Fsp3) is 0.235. The molecule has 0 saturated carbocycles. The molecule has 0 aliphatic carbocycles. The van der Waals surface area contributed by atoms with Crippen LogP contribution >= 0.6 is 15.9 Å². The monoisotopic (exact) mass is 362 g/mol. The highest BCUT2D eigenvalue weighted by Crippen LogP contribution is 2.19. The standard InChI is InChI=1S/C17H19BrN2O2/c1-12-9-14(7-8-16(12)18)19-17(22)20-15(11-21)10-13-5-3-2-4-6-13/h2-9,15,21H,10-11H2,1H3,(H2,19,20,22). The van der Waals surface area contributed by atoms with Crippen LogP contribution in [0.4, 0.5) is 10.5 Å². The van der Waals surface area contributed by atoms with Gasteiger partial charge < -0.3 is 15.7 Å². The van der Waals surface area contributed by atoms with Gasteiger partial charge in [0.05, 0.1) is 12.6 Å². The van der Waals surface area contributed by atoms with Gasteiger partial charge in [-0.3, -0.25) is 0 Å². The smallest absolute Gasteiger partial charge is 0.319 e. The number of hydrogen-bond acceptors (Lipinski definition) is 2. The summed E-state index contributed by atoms with van der Waals surface area (Å²) in [6.07, 6.45) is 0.587. The zero-order valence-electron chi connectivity index (χ0n) is 12.3. The third kappa shape index (κ3) is 4.86. The van der Waals surface area contributed by atoms with E-state index in [4.69, 9.17) is 0 Å². The number of aryl methyl sites for hydroxylation is 1. The third-order valence-electron chi connectivity index (χ3n) is 3.30. The molecule has 5 heteroatoms. The van der Waals surface area contributed by atoms with Gasteiger partial charge >= 0.3 is 6.03 Å². The van der Waals surface area contributed by atoms with Crippen LogP contribution in [0.1, 0.15) is 11.1 Å². The minimum absolute atomic E-state index is 0.109. The Hall–Kier alpha value is -1.85. The Morgan fingerprint density at radius 2 is 1.95 bits per heavy atom. The van der Waals surface area contributed by atoms with E-state index in [0.29, 0.717) is 6.42 Å². The predicted octanol–water partition coefficient (Wildman–Crippen LogP) is 3.48. The van der Waals surface area contributed by atoms with E-state index < -0.39 is 0 Å². The molecule has 3 N–H and O–H groups in total. The van der Waals surface area contributed by atoms with E-state index >= 15 is 0 Å². The van der Waals surface area contributed by atoms with Gasteiger partial charge in [-0.25, -0.2) is 4.79 Å². The van der Waals surface area contributed by atoms with E-state index in [0.717, 1.165) is 21.3 Å². The summed E-state index contributed by atoms with van der Waals surface area (Å²) in [4.78, 5) is 12.0. The van der Waals surface area contributed by atoms with Gasteiger partial charge in [0.15, 0.2) is 0 Å². The summed E-state index contributed by atoms with van der Waals surface area (Å²) in [5.74, 6) is 0. The first-order chi connectivity index (χ1) is 10.6. The molecule has 0 aliphatic rings. The van der Waals surface area contributed by atoms with E-state index in [1.165, 1.54) is 0 Å². The van der Waals surface area contributed by atoms with Gasteiger partial charge in [0.25, 0.3) is 0 Å². The van der Waals surface area contributed by atoms with Crippen LogP contribution in [-0.4, -0.2) is 23.8 Å². The van der Waals surface area contributed by atoms with Crippen molar-refractivity contribution < 1.29 is 9.90 Å². The van der Waals surface area contributed by atoms with Crippen LogP contribution < -0.4 is 10.6 Å². The van der Waals surface area contributed by atoms with Gasteiger partial charge in [-0.1, -0.05) is 46.3 Å². The molecule has 0 bridgehead atoms. The Labute approximate surface area is 138 Å². The van der Waals surface area contributed by atoms with Crippen LogP contribution in [0.2, 0.25) is 0 Å². The molecule has 116 valence electrons. The van der Waals surface area contributed by atoms with Gasteiger partial charge in [0.1, 0.15) is 0 Å². The summed E-state index contributed by atoms with van der Waals surface area (Å²) in [5, 5.41) is 15.0. The molecule has 0 radical (unpaired) electrons. The Morgan fingerprint density at radius 3 is 2.59 bits per heavy atom. The molecule has 22 heavy (non-hydrogen) atoms. The van der Waals surface area contributed by atoms with Gasteiger partial charge in [0.2, 0.25) is 0 Å². The lowest BCUT2D eigenvalue weighted by atomic mass is 10.1. The fourth-order valence-corrected chi connectivity index (χ4v) is 2.38. The Bertz CT molecular complexity index is 632. The van der Waals surface area contributed by atoms with Crippen molar-refractivity contribution in [1.82, 2.24) is 5.32 Å². The lowest BCUT2D eigenvalue weighted by molar-refractivity contribution is 0.224. The molecule has 2 aromatic carbocycles. The lowest BCUT2D eigenvalue weighted by Gasteiger charge is -2.17. The number of benzene rings is 2. The van der Waals surface area contributed by atoms with Crippen LogP contribution in [-0.2, 0) is 6.42 Å². The molecular weight excluding hydrogens is 344 g/mol. The second kappa shape index (κ2) is 7.96. The number of hydrogen-bond donors (Lipinski definition) is 3. The Morgan fingerprint density at radius 1 is 1.23 bits per heavy atom. The molecule has 0 aliphatic heterocycles. The van der Waals surface area contributed by atoms with Crippen LogP contribution in [0, 0.1) is 6.92 Å². The van der Waals surface area contributed by atoms with Crippen LogP contribution in [0.15, 0.2) is 53.0 Å². The normalized spacial score (nSPS) is 11.8. The highest BCUT2D eigenvalue weighted by molar-refractivity contribution is 9.10. The summed E-state index contributed by atoms with van der Waals surface area (Å²) >= 11 is 3.42. The number of aliphatic hydroxyl groups is 1. The summed E-state index contributed by atoms with van der Waals surface area (Å²) in [6.45, 7) is 1.85. The number of halogens is 1. The predicted molar refractivity (Wildman–Crippen MR) is 92.1 cm³/mol. The summed E-state index contributed by atoms with van der Waals surface area (Å²) in [5.41, 5.74) is 2.83. The van der Waals surface area contributed by atoms with Crippen LogP contribution in [0.25, 0.3) is 0 Å². The van der Waals surface area contributed by atoms with E-state index in [2.05, 4.69) is 26.6 Å². The second-order valence-corrected chi connectivity index (χ2v) is 5.99. The fourth-order valence-electron chi connectivity index (χ4n) is 2.13. The maximum absolute atomic E-state index is 12.0. The van der Waals surface area contributed by atoms with Gasteiger partial charge in [-0.2, -0.15) is 0 Å². The molecule has 2 amide bonds. The van der Waals surface area contributed by atoms with Gasteiger partial charge in [-0.05, 0) is 42.7 Å². The number of amides is 2. The number of rotatable bonds is 5. The number of anilines is 1. The second-order valence-electron chi connectivity index (χ2n) is 5.13. The molecule has 4 nitrogen and oxygen atoms in total. The highest BCUT2D eigenvalue weighted by Gasteiger charge is 2.12. The van der Waals surface area contributed by atoms with Crippen LogP contribution in [0.3, 0.4) is 0 Å². The van der Waals surface area contributed by atoms with Crippen molar-refractivity contribution in [3.8, 4) is 0 Å². The lowest BCUT2D eigenvalue weighted by Crippen LogP contribution is -2.41. The van der Waals surface area contributed by atoms with Gasteiger partial charge in [-0.15, -0.1) is 0 Å². The van der Waals surface area contributed by atoms with E-state index in [-0.39, 0.29) is 18.7 Å². The third-order valence-corrected chi connectivity index (χ3v) is 4.19. The van der Waals surface area contributed by atoms with Crippen molar-refractivity contribution in [3.05, 3.63) is 64.1 Å². The maximum atomic E-state index is 12.0. The Balaban J connectivity index is 1.93. The molecule has 0 spiro atoms. The van der Waals surface area contributed by atoms with Crippen molar-refractivity contribution in [2.45, 2.75) is 19.4 Å². The quantitative estimate of drug-likeness (QED) is 0.762. The van der Waals surface area contributed by atoms with Crippen molar-refractivity contribution in [2.24, 2.45) is 0 Å². The largest absolute Gasteiger partial charge is 0.394 e. The molecular formula is C17H19BrN2O2. The first kappa shape index (κ1) is 16.5. The molecule has 0 saturated heterocycles. The first-order valence-corrected chi connectivity index (χ1v) is 7.86. The molecule has 1 atom stereocenters. The molecule has 0 fully saturated rings. The van der Waals surface area contributed by atoms with Crippen molar-refractivity contribution >= 4 is 27.6 Å². The SMILES string of the molecule is Cc1cc(NC(=O)NC(CO)Cc2ccccc2)ccc1Br. The Kier molecular flexibility index (Phi) is 5.98. The molecule has 2 aromatic rings. The first-order valence-electron chi connectivity index (χ1n) is 7.07. The summed E-state index contributed by atoms with van der Waals surface area (Å²) < 4.78 is 0.996. The highest BCUT2D eigenvalue weighted by atomic mass is 79.9.